The van der Waals surface area contributed by atoms with Crippen molar-refractivity contribution in [2.45, 2.75) is 51.5 Å². The lowest BCUT2D eigenvalue weighted by Crippen LogP contribution is -2.04. The number of benzene rings is 1. The van der Waals surface area contributed by atoms with Crippen molar-refractivity contribution in [1.82, 2.24) is 4.98 Å². The molecule has 1 fully saturated rings. The molecule has 106 valence electrons. The van der Waals surface area contributed by atoms with E-state index in [0.717, 1.165) is 5.01 Å². The van der Waals surface area contributed by atoms with Crippen LogP contribution in [0.2, 0.25) is 0 Å². The normalized spacial score (nSPS) is 16.5. The van der Waals surface area contributed by atoms with Crippen LogP contribution in [0.4, 0.5) is 0 Å². The fourth-order valence-electron chi connectivity index (χ4n) is 3.11. The molecule has 20 heavy (non-hydrogen) atoms. The third-order valence-corrected chi connectivity index (χ3v) is 5.38. The van der Waals surface area contributed by atoms with E-state index in [2.05, 4.69) is 31.2 Å². The maximum Gasteiger partial charge on any atom is 0.107 e. The molecule has 1 aromatic carbocycles. The summed E-state index contributed by atoms with van der Waals surface area (Å²) in [5.41, 5.74) is 9.55. The van der Waals surface area contributed by atoms with Gasteiger partial charge in [0.1, 0.15) is 5.01 Å². The first-order chi connectivity index (χ1) is 9.78. The maximum absolute atomic E-state index is 5.82. The molecule has 0 spiro atoms. The van der Waals surface area contributed by atoms with E-state index in [9.17, 15) is 0 Å². The van der Waals surface area contributed by atoms with Gasteiger partial charge >= 0.3 is 0 Å². The lowest BCUT2D eigenvalue weighted by atomic mass is 9.87. The van der Waals surface area contributed by atoms with Crippen molar-refractivity contribution in [3.8, 4) is 11.3 Å². The average Bonchev–Trinajstić information content (AvgIpc) is 2.92. The van der Waals surface area contributed by atoms with Gasteiger partial charge in [-0.25, -0.2) is 4.98 Å². The van der Waals surface area contributed by atoms with Crippen molar-refractivity contribution in [3.05, 3.63) is 39.7 Å². The molecular weight excluding hydrogens is 264 g/mol. The second-order valence-electron chi connectivity index (χ2n) is 5.73. The van der Waals surface area contributed by atoms with Crippen LogP contribution in [-0.4, -0.2) is 4.98 Å². The Hall–Kier alpha value is -1.19. The fraction of sp³-hybridized carbons (Fsp3) is 0.471. The van der Waals surface area contributed by atoms with Crippen LogP contribution in [0.5, 0.6) is 0 Å². The largest absolute Gasteiger partial charge is 0.325 e. The zero-order valence-corrected chi connectivity index (χ0v) is 12.9. The zero-order valence-electron chi connectivity index (χ0n) is 12.1. The van der Waals surface area contributed by atoms with Crippen LogP contribution in [0.1, 0.15) is 53.5 Å². The van der Waals surface area contributed by atoms with E-state index in [1.165, 1.54) is 53.8 Å². The van der Waals surface area contributed by atoms with Crippen molar-refractivity contribution in [2.24, 2.45) is 5.73 Å². The molecule has 1 aliphatic rings. The van der Waals surface area contributed by atoms with Gasteiger partial charge in [0.25, 0.3) is 0 Å². The molecule has 3 rings (SSSR count). The van der Waals surface area contributed by atoms with Gasteiger partial charge in [0, 0.05) is 17.0 Å². The Bertz CT molecular complexity index is 582. The highest BCUT2D eigenvalue weighted by Gasteiger charge is 2.23. The number of hydrogen-bond acceptors (Lipinski definition) is 3. The van der Waals surface area contributed by atoms with Gasteiger partial charge < -0.3 is 5.73 Å². The van der Waals surface area contributed by atoms with Crippen LogP contribution >= 0.6 is 11.3 Å². The van der Waals surface area contributed by atoms with Gasteiger partial charge in [-0.2, -0.15) is 0 Å². The Kier molecular flexibility index (Phi) is 4.18. The molecule has 2 aromatic rings. The zero-order chi connectivity index (χ0) is 13.9. The Morgan fingerprint density at radius 1 is 1.25 bits per heavy atom. The Balaban J connectivity index is 2.02. The molecule has 0 aliphatic heterocycles. The van der Waals surface area contributed by atoms with E-state index in [1.807, 2.05) is 11.3 Å². The third kappa shape index (κ3) is 2.79. The molecule has 2 nitrogen and oxygen atoms in total. The van der Waals surface area contributed by atoms with Crippen molar-refractivity contribution in [1.29, 1.82) is 0 Å². The maximum atomic E-state index is 5.82. The smallest absolute Gasteiger partial charge is 0.107 e. The van der Waals surface area contributed by atoms with Gasteiger partial charge in [-0.05, 0) is 31.7 Å². The molecule has 0 saturated heterocycles. The number of hydrogen-bond donors (Lipinski definition) is 1. The topological polar surface area (TPSA) is 38.9 Å². The summed E-state index contributed by atoms with van der Waals surface area (Å²) in [5, 5.41) is 1.07. The highest BCUT2D eigenvalue weighted by Crippen LogP contribution is 2.41. The lowest BCUT2D eigenvalue weighted by molar-refractivity contribution is 0.448. The number of rotatable bonds is 3. The molecule has 1 saturated carbocycles. The molecular formula is C17H22N2S. The number of nitrogens with two attached hydrogens (primary N) is 1. The molecule has 1 heterocycles. The standard InChI is InChI=1S/C17H22N2S/c1-12-6-5-9-14(10-12)16-17(20-15(11-18)19-16)13-7-3-2-4-8-13/h5-6,9-10,13H,2-4,7-8,11,18H2,1H3. The summed E-state index contributed by atoms with van der Waals surface area (Å²) >= 11 is 1.83. The summed E-state index contributed by atoms with van der Waals surface area (Å²) in [4.78, 5) is 6.28. The summed E-state index contributed by atoms with van der Waals surface area (Å²) in [6.45, 7) is 2.69. The van der Waals surface area contributed by atoms with Crippen molar-refractivity contribution in [2.75, 3.05) is 0 Å². The van der Waals surface area contributed by atoms with Gasteiger partial charge in [-0.3, -0.25) is 0 Å². The summed E-state index contributed by atoms with van der Waals surface area (Å²) in [5.74, 6) is 0.692. The van der Waals surface area contributed by atoms with Gasteiger partial charge in [-0.15, -0.1) is 11.3 Å². The summed E-state index contributed by atoms with van der Waals surface area (Å²) in [6, 6.07) is 8.67. The van der Waals surface area contributed by atoms with Gasteiger partial charge in [0.15, 0.2) is 0 Å². The van der Waals surface area contributed by atoms with Crippen LogP contribution in [-0.2, 0) is 6.54 Å². The minimum absolute atomic E-state index is 0.552. The average molecular weight is 286 g/mol. The molecule has 0 bridgehead atoms. The van der Waals surface area contributed by atoms with Crippen LogP contribution in [0.15, 0.2) is 24.3 Å². The quantitative estimate of drug-likeness (QED) is 0.893. The lowest BCUT2D eigenvalue weighted by Gasteiger charge is -2.21. The summed E-state index contributed by atoms with van der Waals surface area (Å²) in [7, 11) is 0. The molecule has 1 aliphatic carbocycles. The highest BCUT2D eigenvalue weighted by atomic mass is 32.1. The van der Waals surface area contributed by atoms with E-state index in [4.69, 9.17) is 10.7 Å². The first-order valence-corrected chi connectivity index (χ1v) is 8.36. The highest BCUT2D eigenvalue weighted by molar-refractivity contribution is 7.12. The van der Waals surface area contributed by atoms with Crippen LogP contribution in [0.25, 0.3) is 11.3 Å². The SMILES string of the molecule is Cc1cccc(-c2nc(CN)sc2C2CCCCC2)c1. The van der Waals surface area contributed by atoms with E-state index in [1.54, 1.807) is 0 Å². The monoisotopic (exact) mass is 286 g/mol. The predicted octanol–water partition coefficient (Wildman–Crippen LogP) is 4.62. The Labute approximate surface area is 125 Å². The van der Waals surface area contributed by atoms with Crippen LogP contribution in [0, 0.1) is 6.92 Å². The summed E-state index contributed by atoms with van der Waals surface area (Å²) < 4.78 is 0. The first-order valence-electron chi connectivity index (χ1n) is 7.54. The van der Waals surface area contributed by atoms with E-state index < -0.39 is 0 Å². The third-order valence-electron chi connectivity index (χ3n) is 4.14. The van der Waals surface area contributed by atoms with Gasteiger partial charge in [0.05, 0.1) is 5.69 Å². The minimum atomic E-state index is 0.552. The van der Waals surface area contributed by atoms with Gasteiger partial charge in [0.2, 0.25) is 0 Å². The molecule has 1 aromatic heterocycles. The second-order valence-corrected chi connectivity index (χ2v) is 6.84. The number of nitrogens with zero attached hydrogens (tertiary/aromatic N) is 1. The predicted molar refractivity (Wildman–Crippen MR) is 86.0 cm³/mol. The van der Waals surface area contributed by atoms with Gasteiger partial charge in [-0.1, -0.05) is 43.0 Å². The molecule has 0 atom stereocenters. The van der Waals surface area contributed by atoms with Crippen LogP contribution in [0.3, 0.4) is 0 Å². The summed E-state index contributed by atoms with van der Waals surface area (Å²) in [6.07, 6.45) is 6.72. The number of aryl methyl sites for hydroxylation is 1. The second kappa shape index (κ2) is 6.06. The van der Waals surface area contributed by atoms with Crippen molar-refractivity contribution < 1.29 is 0 Å². The van der Waals surface area contributed by atoms with Crippen molar-refractivity contribution >= 4 is 11.3 Å². The first kappa shape index (κ1) is 13.8. The molecule has 2 N–H and O–H groups in total. The Morgan fingerprint density at radius 3 is 2.75 bits per heavy atom. The fourth-order valence-corrected chi connectivity index (χ4v) is 4.24. The van der Waals surface area contributed by atoms with Crippen molar-refractivity contribution in [3.63, 3.8) is 0 Å². The number of thiazole rings is 1. The molecule has 0 radical (unpaired) electrons. The van der Waals surface area contributed by atoms with E-state index in [-0.39, 0.29) is 0 Å². The number of aromatic nitrogens is 1. The minimum Gasteiger partial charge on any atom is -0.325 e. The molecule has 0 amide bonds. The Morgan fingerprint density at radius 2 is 2.05 bits per heavy atom. The van der Waals surface area contributed by atoms with Crippen LogP contribution < -0.4 is 5.73 Å². The van der Waals surface area contributed by atoms with E-state index >= 15 is 0 Å². The molecule has 0 unspecified atom stereocenters. The molecule has 3 heteroatoms. The van der Waals surface area contributed by atoms with E-state index in [0.29, 0.717) is 12.5 Å².